The second-order valence-electron chi connectivity index (χ2n) is 6.78. The first-order valence-corrected chi connectivity index (χ1v) is 9.51. The van der Waals surface area contributed by atoms with E-state index in [1.165, 1.54) is 17.4 Å². The van der Waals surface area contributed by atoms with Crippen LogP contribution in [0.15, 0.2) is 24.3 Å². The van der Waals surface area contributed by atoms with Gasteiger partial charge < -0.3 is 9.88 Å². The van der Waals surface area contributed by atoms with E-state index in [0.29, 0.717) is 5.56 Å². The predicted molar refractivity (Wildman–Crippen MR) is 102 cm³/mol. The van der Waals surface area contributed by atoms with Crippen LogP contribution >= 0.6 is 11.3 Å². The van der Waals surface area contributed by atoms with Gasteiger partial charge in [0.2, 0.25) is 0 Å². The number of rotatable bonds is 1. The smallest absolute Gasteiger partial charge is 0.169 e. The Morgan fingerprint density at radius 1 is 1.23 bits per heavy atom. The number of thiophene rings is 1. The summed E-state index contributed by atoms with van der Waals surface area (Å²) in [6, 6.07) is 4.94. The van der Waals surface area contributed by atoms with Crippen LogP contribution in [-0.2, 0) is 12.8 Å². The molecule has 0 amide bonds. The fraction of sp³-hybridized carbons (Fsp3) is 0.250. The van der Waals surface area contributed by atoms with E-state index in [-0.39, 0.29) is 0 Å². The van der Waals surface area contributed by atoms with Crippen LogP contribution in [0.5, 0.6) is 0 Å². The first-order chi connectivity index (χ1) is 12.6. The van der Waals surface area contributed by atoms with Crippen molar-refractivity contribution in [2.75, 3.05) is 18.5 Å². The number of likely N-dealkylation sites (N-methyl/N-ethyl adjacent to an activating group) is 1. The Bertz CT molecular complexity index is 1050. The largest absolute Gasteiger partial charge is 0.374 e. The Hall–Kier alpha value is -2.47. The summed E-state index contributed by atoms with van der Waals surface area (Å²) in [5.74, 6) is -0.766. The number of hydrogen-bond acceptors (Lipinski definition) is 3. The lowest BCUT2D eigenvalue weighted by Crippen LogP contribution is -2.19. The third-order valence-corrected chi connectivity index (χ3v) is 6.32. The molecular weight excluding hydrogens is 352 g/mol. The standard InChI is InChI=1S/C20H17F2N3S/c1-25-9-8-11-10-16(20-23-13-4-2-3-5-14(13)24-20)26-19(11)17-15(25)7-6-12(21)18(17)22/h2,4,6-7,10H,3,5,8-9H2,1H3,(H,23,24). The molecular formula is C20H17F2N3S. The number of nitrogens with one attached hydrogen (secondary N) is 1. The number of aromatic amines is 1. The molecule has 0 unspecified atom stereocenters. The molecule has 3 aromatic rings. The average molecular weight is 369 g/mol. The van der Waals surface area contributed by atoms with Crippen LogP contribution in [0.4, 0.5) is 14.5 Å². The zero-order chi connectivity index (χ0) is 17.8. The number of aryl methyl sites for hydroxylation is 1. The number of aromatic nitrogens is 2. The van der Waals surface area contributed by atoms with E-state index in [1.807, 2.05) is 18.0 Å². The van der Waals surface area contributed by atoms with Crippen molar-refractivity contribution >= 4 is 23.1 Å². The molecule has 0 radical (unpaired) electrons. The van der Waals surface area contributed by atoms with Crippen molar-refractivity contribution < 1.29 is 8.78 Å². The van der Waals surface area contributed by atoms with Gasteiger partial charge in [-0.25, -0.2) is 13.8 Å². The number of fused-ring (bicyclic) bond motifs is 4. The van der Waals surface area contributed by atoms with Crippen LogP contribution in [0, 0.1) is 11.6 Å². The lowest BCUT2D eigenvalue weighted by atomic mass is 10.1. The Balaban J connectivity index is 1.68. The highest BCUT2D eigenvalue weighted by molar-refractivity contribution is 7.19. The summed E-state index contributed by atoms with van der Waals surface area (Å²) in [4.78, 5) is 11.9. The fourth-order valence-electron chi connectivity index (χ4n) is 3.72. The summed E-state index contributed by atoms with van der Waals surface area (Å²) >= 11 is 1.48. The Morgan fingerprint density at radius 2 is 2.12 bits per heavy atom. The third kappa shape index (κ3) is 2.32. The van der Waals surface area contributed by atoms with E-state index in [2.05, 4.69) is 22.1 Å². The lowest BCUT2D eigenvalue weighted by Gasteiger charge is -2.19. The van der Waals surface area contributed by atoms with Crippen molar-refractivity contribution in [2.24, 2.45) is 0 Å². The van der Waals surface area contributed by atoms with Crippen molar-refractivity contribution in [3.63, 3.8) is 0 Å². The quantitative estimate of drug-likeness (QED) is 0.652. The number of benzene rings is 1. The van der Waals surface area contributed by atoms with E-state index in [9.17, 15) is 8.78 Å². The van der Waals surface area contributed by atoms with Gasteiger partial charge in [0.25, 0.3) is 0 Å². The lowest BCUT2D eigenvalue weighted by molar-refractivity contribution is 0.511. The summed E-state index contributed by atoms with van der Waals surface area (Å²) in [6.45, 7) is 0.763. The van der Waals surface area contributed by atoms with Crippen LogP contribution in [-0.4, -0.2) is 23.6 Å². The third-order valence-electron chi connectivity index (χ3n) is 5.12. The van der Waals surface area contributed by atoms with E-state index in [0.717, 1.165) is 64.0 Å². The molecule has 0 saturated carbocycles. The maximum atomic E-state index is 14.7. The Morgan fingerprint density at radius 3 is 2.96 bits per heavy atom. The van der Waals surface area contributed by atoms with Gasteiger partial charge in [-0.3, -0.25) is 0 Å². The van der Waals surface area contributed by atoms with Gasteiger partial charge >= 0.3 is 0 Å². The van der Waals surface area contributed by atoms with E-state index < -0.39 is 11.6 Å². The Kier molecular flexibility index (Phi) is 3.50. The number of halogens is 2. The van der Waals surface area contributed by atoms with Gasteiger partial charge in [0.15, 0.2) is 11.6 Å². The van der Waals surface area contributed by atoms with Crippen molar-refractivity contribution in [1.29, 1.82) is 0 Å². The number of allylic oxidation sites excluding steroid dienone is 1. The Labute approximate surface area is 154 Å². The van der Waals surface area contributed by atoms with Gasteiger partial charge in [-0.1, -0.05) is 6.08 Å². The van der Waals surface area contributed by atoms with Crippen LogP contribution in [0.25, 0.3) is 27.2 Å². The van der Waals surface area contributed by atoms with Crippen LogP contribution in [0.1, 0.15) is 23.4 Å². The monoisotopic (exact) mass is 369 g/mol. The summed E-state index contributed by atoms with van der Waals surface area (Å²) < 4.78 is 28.6. The van der Waals surface area contributed by atoms with E-state index in [1.54, 1.807) is 6.07 Å². The maximum absolute atomic E-state index is 14.7. The molecule has 1 aromatic carbocycles. The molecule has 0 saturated heterocycles. The second-order valence-corrected chi connectivity index (χ2v) is 7.83. The average Bonchev–Trinajstić information content (AvgIpc) is 3.22. The highest BCUT2D eigenvalue weighted by Gasteiger charge is 2.26. The normalized spacial score (nSPS) is 15.4. The first kappa shape index (κ1) is 15.8. The van der Waals surface area contributed by atoms with E-state index in [4.69, 9.17) is 0 Å². The van der Waals surface area contributed by atoms with Gasteiger partial charge in [-0.15, -0.1) is 11.3 Å². The molecule has 1 N–H and O–H groups in total. The zero-order valence-corrected chi connectivity index (χ0v) is 15.1. The van der Waals surface area contributed by atoms with Crippen molar-refractivity contribution in [2.45, 2.75) is 19.3 Å². The molecule has 0 spiro atoms. The molecule has 26 heavy (non-hydrogen) atoms. The van der Waals surface area contributed by atoms with Crippen molar-refractivity contribution in [1.82, 2.24) is 9.97 Å². The minimum absolute atomic E-state index is 0.368. The number of imidazole rings is 1. The topological polar surface area (TPSA) is 31.9 Å². The van der Waals surface area contributed by atoms with Crippen LogP contribution in [0.3, 0.4) is 0 Å². The highest BCUT2D eigenvalue weighted by Crippen LogP contribution is 2.45. The van der Waals surface area contributed by atoms with Gasteiger partial charge in [0, 0.05) is 29.9 Å². The molecule has 2 aliphatic rings. The fourth-order valence-corrected chi connectivity index (χ4v) is 4.92. The summed E-state index contributed by atoms with van der Waals surface area (Å²) in [5.41, 5.74) is 4.27. The minimum Gasteiger partial charge on any atom is -0.374 e. The predicted octanol–water partition coefficient (Wildman–Crippen LogP) is 5.04. The molecule has 0 fully saturated rings. The highest BCUT2D eigenvalue weighted by atomic mass is 32.1. The summed E-state index contributed by atoms with van der Waals surface area (Å²) in [7, 11) is 1.92. The SMILES string of the molecule is CN1CCc2cc(-c3nc4c([nH]3)CCC=C4)sc2-c2c1ccc(F)c2F. The molecule has 1 aliphatic carbocycles. The van der Waals surface area contributed by atoms with Crippen molar-refractivity contribution in [3.05, 3.63) is 52.9 Å². The summed E-state index contributed by atoms with van der Waals surface area (Å²) in [5, 5.41) is 0. The molecule has 2 aromatic heterocycles. The molecule has 3 heterocycles. The van der Waals surface area contributed by atoms with E-state index >= 15 is 0 Å². The molecule has 5 rings (SSSR count). The molecule has 0 atom stereocenters. The maximum Gasteiger partial charge on any atom is 0.169 e. The molecule has 1 aliphatic heterocycles. The molecule has 132 valence electrons. The van der Waals surface area contributed by atoms with Crippen LogP contribution in [0.2, 0.25) is 0 Å². The number of H-pyrrole nitrogens is 1. The minimum atomic E-state index is -0.807. The molecule has 6 heteroatoms. The zero-order valence-electron chi connectivity index (χ0n) is 14.3. The second kappa shape index (κ2) is 5.77. The number of anilines is 1. The van der Waals surface area contributed by atoms with Crippen LogP contribution < -0.4 is 4.90 Å². The van der Waals surface area contributed by atoms with Gasteiger partial charge in [0.05, 0.1) is 16.1 Å². The first-order valence-electron chi connectivity index (χ1n) is 8.70. The molecule has 3 nitrogen and oxygen atoms in total. The number of hydrogen-bond donors (Lipinski definition) is 1. The summed E-state index contributed by atoms with van der Waals surface area (Å²) in [6.07, 6.45) is 6.92. The molecule has 0 bridgehead atoms. The van der Waals surface area contributed by atoms with Gasteiger partial charge in [-0.05, 0) is 49.1 Å². The number of nitrogens with zero attached hydrogens (tertiary/aromatic N) is 2. The van der Waals surface area contributed by atoms with Crippen molar-refractivity contribution in [3.8, 4) is 21.1 Å². The van der Waals surface area contributed by atoms with Gasteiger partial charge in [-0.2, -0.15) is 0 Å². The van der Waals surface area contributed by atoms with Gasteiger partial charge in [0.1, 0.15) is 5.82 Å².